The Balaban J connectivity index is 2.14. The SMILES string of the molecule is CCCCCCCC#CCO[S@](=O)c1ccc(C)cc1. The van der Waals surface area contributed by atoms with Crippen molar-refractivity contribution in [3.8, 4) is 11.8 Å². The molecular formula is C17H24O2S. The van der Waals surface area contributed by atoms with Crippen molar-refractivity contribution in [2.24, 2.45) is 0 Å². The van der Waals surface area contributed by atoms with E-state index in [2.05, 4.69) is 18.8 Å². The second-order valence-corrected chi connectivity index (χ2v) is 6.00. The zero-order valence-electron chi connectivity index (χ0n) is 12.5. The molecule has 20 heavy (non-hydrogen) atoms. The van der Waals surface area contributed by atoms with E-state index < -0.39 is 11.1 Å². The summed E-state index contributed by atoms with van der Waals surface area (Å²) in [6.07, 6.45) is 7.18. The van der Waals surface area contributed by atoms with Gasteiger partial charge < -0.3 is 0 Å². The van der Waals surface area contributed by atoms with E-state index in [4.69, 9.17) is 4.18 Å². The summed E-state index contributed by atoms with van der Waals surface area (Å²) in [5.41, 5.74) is 1.15. The predicted octanol–water partition coefficient (Wildman–Crippen LogP) is 4.40. The number of aryl methyl sites for hydroxylation is 1. The van der Waals surface area contributed by atoms with Gasteiger partial charge in [-0.3, -0.25) is 4.18 Å². The molecule has 1 atom stereocenters. The maximum atomic E-state index is 11.8. The first-order valence-electron chi connectivity index (χ1n) is 7.31. The molecule has 0 bridgehead atoms. The standard InChI is InChI=1S/C17H24O2S/c1-3-4-5-6-7-8-9-10-15-19-20(18)17-13-11-16(2)12-14-17/h11-14H,3-8,15H2,1-2H3/t20-/m0/s1. The molecule has 0 amide bonds. The minimum absolute atomic E-state index is 0.232. The van der Waals surface area contributed by atoms with Crippen LogP contribution in [0.3, 0.4) is 0 Å². The van der Waals surface area contributed by atoms with E-state index in [9.17, 15) is 4.21 Å². The van der Waals surface area contributed by atoms with Crippen LogP contribution < -0.4 is 0 Å². The molecule has 0 aliphatic rings. The fourth-order valence-electron chi connectivity index (χ4n) is 1.76. The first-order chi connectivity index (χ1) is 9.74. The van der Waals surface area contributed by atoms with E-state index in [0.717, 1.165) is 18.4 Å². The van der Waals surface area contributed by atoms with Crippen LogP contribution >= 0.6 is 0 Å². The molecule has 0 heterocycles. The molecule has 1 aromatic carbocycles. The number of hydrogen-bond donors (Lipinski definition) is 0. The third-order valence-electron chi connectivity index (χ3n) is 2.98. The van der Waals surface area contributed by atoms with Gasteiger partial charge in [0, 0.05) is 6.42 Å². The molecule has 1 aromatic rings. The number of rotatable bonds is 8. The van der Waals surface area contributed by atoms with Crippen molar-refractivity contribution < 1.29 is 8.39 Å². The summed E-state index contributed by atoms with van der Waals surface area (Å²) in [5, 5.41) is 0. The van der Waals surface area contributed by atoms with E-state index in [-0.39, 0.29) is 6.61 Å². The Bertz CT molecular complexity index is 454. The van der Waals surface area contributed by atoms with E-state index in [0.29, 0.717) is 4.90 Å². The Kier molecular flexibility index (Phi) is 9.02. The van der Waals surface area contributed by atoms with Crippen molar-refractivity contribution in [1.29, 1.82) is 0 Å². The highest BCUT2D eigenvalue weighted by Crippen LogP contribution is 2.09. The lowest BCUT2D eigenvalue weighted by Crippen LogP contribution is -1.98. The number of hydrogen-bond acceptors (Lipinski definition) is 2. The van der Waals surface area contributed by atoms with Crippen LogP contribution in [-0.4, -0.2) is 10.8 Å². The Labute approximate surface area is 125 Å². The van der Waals surface area contributed by atoms with Crippen molar-refractivity contribution in [1.82, 2.24) is 0 Å². The van der Waals surface area contributed by atoms with Crippen LogP contribution in [0.15, 0.2) is 29.2 Å². The lowest BCUT2D eigenvalue weighted by atomic mass is 10.1. The van der Waals surface area contributed by atoms with Crippen molar-refractivity contribution in [2.75, 3.05) is 6.61 Å². The second kappa shape index (κ2) is 10.7. The van der Waals surface area contributed by atoms with Crippen LogP contribution in [0.2, 0.25) is 0 Å². The zero-order valence-corrected chi connectivity index (χ0v) is 13.3. The monoisotopic (exact) mass is 292 g/mol. The maximum absolute atomic E-state index is 11.8. The third kappa shape index (κ3) is 7.47. The minimum atomic E-state index is -1.41. The lowest BCUT2D eigenvalue weighted by Gasteiger charge is -2.00. The molecule has 3 heteroatoms. The molecule has 0 spiro atoms. The van der Waals surface area contributed by atoms with Crippen molar-refractivity contribution in [3.63, 3.8) is 0 Å². The highest BCUT2D eigenvalue weighted by atomic mass is 32.2. The topological polar surface area (TPSA) is 26.3 Å². The van der Waals surface area contributed by atoms with Gasteiger partial charge in [-0.15, -0.1) is 5.92 Å². The van der Waals surface area contributed by atoms with E-state index >= 15 is 0 Å². The van der Waals surface area contributed by atoms with Crippen LogP contribution in [0, 0.1) is 18.8 Å². The van der Waals surface area contributed by atoms with Gasteiger partial charge in [0.15, 0.2) is 11.1 Å². The molecule has 0 fully saturated rings. The Hall–Kier alpha value is -1.11. The minimum Gasteiger partial charge on any atom is -0.274 e. The van der Waals surface area contributed by atoms with Gasteiger partial charge in [0.25, 0.3) is 0 Å². The van der Waals surface area contributed by atoms with E-state index in [1.54, 1.807) is 0 Å². The molecule has 0 aromatic heterocycles. The molecule has 1 rings (SSSR count). The van der Waals surface area contributed by atoms with Gasteiger partial charge in [-0.25, -0.2) is 4.21 Å². The van der Waals surface area contributed by atoms with Crippen LogP contribution in [0.5, 0.6) is 0 Å². The maximum Gasteiger partial charge on any atom is 0.190 e. The van der Waals surface area contributed by atoms with Gasteiger partial charge in [0.2, 0.25) is 0 Å². The van der Waals surface area contributed by atoms with Gasteiger partial charge in [0.1, 0.15) is 6.61 Å². The Morgan fingerprint density at radius 3 is 2.45 bits per heavy atom. The summed E-state index contributed by atoms with van der Waals surface area (Å²) in [7, 11) is 0. The molecule has 110 valence electrons. The van der Waals surface area contributed by atoms with Crippen LogP contribution in [-0.2, 0) is 15.3 Å². The summed E-state index contributed by atoms with van der Waals surface area (Å²) in [5.74, 6) is 5.99. The average Bonchev–Trinajstić information content (AvgIpc) is 2.46. The second-order valence-electron chi connectivity index (χ2n) is 4.83. The van der Waals surface area contributed by atoms with Gasteiger partial charge >= 0.3 is 0 Å². The van der Waals surface area contributed by atoms with Crippen LogP contribution in [0.25, 0.3) is 0 Å². The molecule has 0 radical (unpaired) electrons. The summed E-state index contributed by atoms with van der Waals surface area (Å²) in [6.45, 7) is 4.44. The normalized spacial score (nSPS) is 11.7. The van der Waals surface area contributed by atoms with Gasteiger partial charge in [-0.05, 0) is 25.5 Å². The zero-order chi connectivity index (χ0) is 14.6. The molecule has 0 saturated carbocycles. The van der Waals surface area contributed by atoms with Crippen molar-refractivity contribution >= 4 is 11.1 Å². The first-order valence-corrected chi connectivity index (χ1v) is 8.39. The summed E-state index contributed by atoms with van der Waals surface area (Å²) < 4.78 is 17.0. The van der Waals surface area contributed by atoms with Crippen LogP contribution in [0.4, 0.5) is 0 Å². The van der Waals surface area contributed by atoms with Crippen molar-refractivity contribution in [2.45, 2.75) is 57.3 Å². The van der Waals surface area contributed by atoms with Gasteiger partial charge in [-0.2, -0.15) is 0 Å². The highest BCUT2D eigenvalue weighted by Gasteiger charge is 2.02. The van der Waals surface area contributed by atoms with Gasteiger partial charge in [0.05, 0.1) is 4.90 Å². The smallest absolute Gasteiger partial charge is 0.190 e. The molecule has 0 N–H and O–H groups in total. The summed E-state index contributed by atoms with van der Waals surface area (Å²) in [4.78, 5) is 0.692. The Morgan fingerprint density at radius 1 is 1.05 bits per heavy atom. The Morgan fingerprint density at radius 2 is 1.75 bits per heavy atom. The fraction of sp³-hybridized carbons (Fsp3) is 0.529. The van der Waals surface area contributed by atoms with E-state index in [1.165, 1.54) is 25.7 Å². The van der Waals surface area contributed by atoms with Crippen molar-refractivity contribution in [3.05, 3.63) is 29.8 Å². The van der Waals surface area contributed by atoms with Crippen LogP contribution in [0.1, 0.15) is 51.0 Å². The first kappa shape index (κ1) is 16.9. The summed E-state index contributed by atoms with van der Waals surface area (Å²) in [6, 6.07) is 7.51. The number of benzene rings is 1. The predicted molar refractivity (Wildman–Crippen MR) is 84.7 cm³/mol. The molecule has 0 aliphatic carbocycles. The molecule has 2 nitrogen and oxygen atoms in total. The molecule has 0 saturated heterocycles. The van der Waals surface area contributed by atoms with Gasteiger partial charge in [-0.1, -0.05) is 56.2 Å². The molecule has 0 unspecified atom stereocenters. The molecule has 0 aliphatic heterocycles. The average molecular weight is 292 g/mol. The molecular weight excluding hydrogens is 268 g/mol. The van der Waals surface area contributed by atoms with E-state index in [1.807, 2.05) is 31.2 Å². The third-order valence-corrected chi connectivity index (χ3v) is 3.97. The lowest BCUT2D eigenvalue weighted by molar-refractivity contribution is 0.402. The quantitative estimate of drug-likeness (QED) is 0.524. The largest absolute Gasteiger partial charge is 0.274 e. The highest BCUT2D eigenvalue weighted by molar-refractivity contribution is 7.80. The fourth-order valence-corrected chi connectivity index (χ4v) is 2.42. The summed E-state index contributed by atoms with van der Waals surface area (Å²) >= 11 is -1.41. The number of unbranched alkanes of at least 4 members (excludes halogenated alkanes) is 5.